The van der Waals surface area contributed by atoms with Crippen molar-refractivity contribution in [3.8, 4) is 22.3 Å². The zero-order valence-corrected chi connectivity index (χ0v) is 32.0. The predicted octanol–water partition coefficient (Wildman–Crippen LogP) is 6.15. The first-order valence-corrected chi connectivity index (χ1v) is 22.8. The van der Waals surface area contributed by atoms with Gasteiger partial charge in [-0.1, -0.05) is 0 Å². The monoisotopic (exact) mass is 710 g/mol. The van der Waals surface area contributed by atoms with Crippen molar-refractivity contribution in [1.29, 1.82) is 0 Å². The van der Waals surface area contributed by atoms with Gasteiger partial charge in [0.1, 0.15) is 0 Å². The van der Waals surface area contributed by atoms with E-state index in [1.807, 2.05) is 0 Å². The fraction of sp³-hybridized carbons (Fsp3) is 0.333. The van der Waals surface area contributed by atoms with E-state index >= 15 is 0 Å². The molecule has 7 rings (SSSR count). The van der Waals surface area contributed by atoms with Crippen molar-refractivity contribution in [2.75, 3.05) is 0 Å². The third-order valence-electron chi connectivity index (χ3n) is 10.9. The molecule has 0 N–H and O–H groups in total. The van der Waals surface area contributed by atoms with E-state index in [1.165, 1.54) is 52.8 Å². The van der Waals surface area contributed by atoms with Crippen LogP contribution in [0.25, 0.3) is 34.4 Å². The van der Waals surface area contributed by atoms with Crippen molar-refractivity contribution < 1.29 is 45.1 Å². The molecule has 0 amide bonds. The molecule has 2 unspecified atom stereocenters. The Morgan fingerprint density at radius 2 is 0.889 bits per heavy atom. The standard InChI is InChI=1S/2C20H21.C2H4.2ClH.Zr/c2*1-13(2)17-11-18-14(3)10-15(4)20(19(18)12-17)16-8-6-5-7-9-16;1-2;;;/h2*5-13H,1-4H3;1-2H2;2*1H;/q;;;;;+2/p-2. The minimum Gasteiger partial charge on any atom is -1.00 e. The van der Waals surface area contributed by atoms with Gasteiger partial charge in [0.25, 0.3) is 0 Å². The first-order valence-electron chi connectivity index (χ1n) is 16.5. The van der Waals surface area contributed by atoms with Crippen LogP contribution < -0.4 is 24.8 Å². The largest absolute Gasteiger partial charge is 1.00 e. The summed E-state index contributed by atoms with van der Waals surface area (Å²) in [4.78, 5) is 0. The Morgan fingerprint density at radius 3 is 1.20 bits per heavy atom. The summed E-state index contributed by atoms with van der Waals surface area (Å²) in [5, 5.41) is 0. The zero-order chi connectivity index (χ0) is 30.2. The number of fused-ring (bicyclic) bond motifs is 2. The molecule has 1 saturated heterocycles. The summed E-state index contributed by atoms with van der Waals surface area (Å²) >= 11 is -2.87. The topological polar surface area (TPSA) is 0 Å². The molecule has 0 saturated carbocycles. The Morgan fingerprint density at radius 1 is 0.533 bits per heavy atom. The van der Waals surface area contributed by atoms with Crippen molar-refractivity contribution in [3.63, 3.8) is 0 Å². The van der Waals surface area contributed by atoms with E-state index in [0.29, 0.717) is 19.1 Å². The molecule has 45 heavy (non-hydrogen) atoms. The van der Waals surface area contributed by atoms with Crippen LogP contribution in [0.15, 0.2) is 83.9 Å². The van der Waals surface area contributed by atoms with E-state index in [-0.39, 0.29) is 24.8 Å². The third-order valence-corrected chi connectivity index (χ3v) is 23.7. The number of allylic oxidation sites excluding steroid dienone is 2. The number of hydrogen-bond donors (Lipinski definition) is 0. The molecule has 1 fully saturated rings. The second-order valence-corrected chi connectivity index (χ2v) is 25.7. The molecule has 1 heterocycles. The number of rotatable bonds is 6. The summed E-state index contributed by atoms with van der Waals surface area (Å²) < 4.78 is 4.32. The molecular weight excluding hydrogens is 667 g/mol. The summed E-state index contributed by atoms with van der Waals surface area (Å²) in [6, 6.07) is 27.4. The van der Waals surface area contributed by atoms with Crippen LogP contribution in [0.3, 0.4) is 0 Å². The maximum atomic E-state index is 2.68. The van der Waals surface area contributed by atoms with Gasteiger partial charge in [-0.05, 0) is 0 Å². The molecule has 2 aliphatic carbocycles. The molecule has 0 radical (unpaired) electrons. The summed E-state index contributed by atoms with van der Waals surface area (Å²) in [5.74, 6) is 1.11. The first kappa shape index (κ1) is 34.2. The Hall–Kier alpha value is -2.18. The van der Waals surface area contributed by atoms with Gasteiger partial charge in [0.05, 0.1) is 0 Å². The smallest absolute Gasteiger partial charge is 1.00 e. The van der Waals surface area contributed by atoms with Gasteiger partial charge >= 0.3 is 266 Å². The molecule has 4 aromatic rings. The van der Waals surface area contributed by atoms with Crippen LogP contribution in [-0.4, -0.2) is 0 Å². The van der Waals surface area contributed by atoms with Gasteiger partial charge in [-0.2, -0.15) is 0 Å². The minimum absolute atomic E-state index is 0. The van der Waals surface area contributed by atoms with Crippen molar-refractivity contribution >= 4 is 12.2 Å². The van der Waals surface area contributed by atoms with Crippen LogP contribution in [0.1, 0.15) is 79.5 Å². The van der Waals surface area contributed by atoms with E-state index in [4.69, 9.17) is 0 Å². The molecule has 0 bridgehead atoms. The quantitative estimate of drug-likeness (QED) is 0.225. The summed E-state index contributed by atoms with van der Waals surface area (Å²) in [7, 11) is 0. The average molecular weight is 713 g/mol. The van der Waals surface area contributed by atoms with Crippen molar-refractivity contribution in [3.05, 3.63) is 128 Å². The molecule has 2 atom stereocenters. The molecule has 232 valence electrons. The van der Waals surface area contributed by atoms with E-state index in [9.17, 15) is 0 Å². The molecule has 0 aromatic heterocycles. The summed E-state index contributed by atoms with van der Waals surface area (Å²) in [5.41, 5.74) is 21.5. The van der Waals surface area contributed by atoms with Crippen LogP contribution in [0.5, 0.6) is 0 Å². The first-order chi connectivity index (χ1) is 20.6. The van der Waals surface area contributed by atoms with Crippen LogP contribution >= 0.6 is 0 Å². The number of aryl methyl sites for hydroxylation is 4. The third kappa shape index (κ3) is 5.40. The maximum Gasteiger partial charge on any atom is -1.00 e. The van der Waals surface area contributed by atoms with Crippen LogP contribution in [0, 0.1) is 39.5 Å². The zero-order valence-electron chi connectivity index (χ0n) is 28.1. The second kappa shape index (κ2) is 12.8. The second-order valence-electron chi connectivity index (χ2n) is 14.4. The minimum atomic E-state index is -2.87. The fourth-order valence-corrected chi connectivity index (χ4v) is 27.7. The van der Waals surface area contributed by atoms with Crippen molar-refractivity contribution in [1.82, 2.24) is 0 Å². The van der Waals surface area contributed by atoms with Gasteiger partial charge in [0, 0.05) is 0 Å². The van der Waals surface area contributed by atoms with Gasteiger partial charge in [0.2, 0.25) is 0 Å². The Bertz CT molecular complexity index is 1680. The van der Waals surface area contributed by atoms with Crippen LogP contribution in [0.2, 0.25) is 8.26 Å². The van der Waals surface area contributed by atoms with E-state index in [2.05, 4.69) is 140 Å². The summed E-state index contributed by atoms with van der Waals surface area (Å²) in [6.07, 6.45) is 5.35. The normalized spacial score (nSPS) is 18.3. The molecule has 3 aliphatic rings. The fourth-order valence-electron chi connectivity index (χ4n) is 9.07. The Balaban J connectivity index is 0.00000200. The van der Waals surface area contributed by atoms with E-state index in [1.54, 1.807) is 33.4 Å². The van der Waals surface area contributed by atoms with Crippen molar-refractivity contribution in [2.45, 2.75) is 70.9 Å². The Labute approximate surface area is 288 Å². The number of hydrogen-bond acceptors (Lipinski definition) is 0. The molecule has 3 heteroatoms. The predicted molar refractivity (Wildman–Crippen MR) is 183 cm³/mol. The van der Waals surface area contributed by atoms with Gasteiger partial charge in [-0.25, -0.2) is 0 Å². The molecule has 4 aromatic carbocycles. The SMILES string of the molecule is Cc1cc(C)c2c(c1-c1ccccc1)C=C(C(C)C)[CH]2[Zr+2]1([CH]2C(C(C)C)=Cc3c(-c4ccccc4)c(C)cc(C)c32)[CH2][CH2]1.[Cl-].[Cl-]. The van der Waals surface area contributed by atoms with Crippen LogP contribution in [0.4, 0.5) is 0 Å². The molecular formula is C42H46Cl2Zr. The maximum absolute atomic E-state index is 2.87. The average Bonchev–Trinajstić information content (AvgIpc) is 3.48. The van der Waals surface area contributed by atoms with Gasteiger partial charge in [0.15, 0.2) is 0 Å². The van der Waals surface area contributed by atoms with E-state index in [0.717, 1.165) is 0 Å². The Kier molecular flexibility index (Phi) is 9.71. The molecule has 0 nitrogen and oxygen atoms in total. The summed E-state index contributed by atoms with van der Waals surface area (Å²) in [6.45, 7) is 19.3. The number of benzene rings is 4. The molecule has 1 aliphatic heterocycles. The molecule has 0 spiro atoms. The van der Waals surface area contributed by atoms with Crippen molar-refractivity contribution in [2.24, 2.45) is 11.8 Å². The van der Waals surface area contributed by atoms with E-state index < -0.39 is 20.3 Å². The van der Waals surface area contributed by atoms with Gasteiger partial charge in [-0.15, -0.1) is 0 Å². The van der Waals surface area contributed by atoms with Gasteiger partial charge < -0.3 is 24.8 Å². The van der Waals surface area contributed by atoms with Crippen LogP contribution in [-0.2, 0) is 20.3 Å². The van der Waals surface area contributed by atoms with Gasteiger partial charge in [-0.3, -0.25) is 0 Å². The number of halogens is 2.